The van der Waals surface area contributed by atoms with Crippen molar-refractivity contribution in [3.05, 3.63) is 93.7 Å². The number of thioether (sulfide) groups is 1. The number of esters is 1. The Kier molecular flexibility index (Phi) is 8.59. The largest absolute Gasteiger partial charge is 0.469 e. The van der Waals surface area contributed by atoms with Crippen LogP contribution in [0.25, 0.3) is 16.8 Å². The highest BCUT2D eigenvalue weighted by molar-refractivity contribution is 7.99. The molecule has 0 spiro atoms. The van der Waals surface area contributed by atoms with Gasteiger partial charge >= 0.3 is 5.97 Å². The number of hydrogen-bond acceptors (Lipinski definition) is 5. The first kappa shape index (κ1) is 26.8. The Bertz CT molecular complexity index is 1450. The molecule has 1 N–H and O–H groups in total. The number of hydrogen-bond donors (Lipinski definition) is 1. The van der Waals surface area contributed by atoms with Gasteiger partial charge < -0.3 is 10.1 Å². The smallest absolute Gasteiger partial charge is 0.309 e. The zero-order valence-electron chi connectivity index (χ0n) is 20.5. The van der Waals surface area contributed by atoms with Crippen LogP contribution in [-0.2, 0) is 20.7 Å². The van der Waals surface area contributed by atoms with Crippen LogP contribution in [0.5, 0.6) is 0 Å². The van der Waals surface area contributed by atoms with Crippen LogP contribution in [0.15, 0.2) is 72.0 Å². The molecule has 0 aliphatic rings. The first-order chi connectivity index (χ1) is 17.7. The van der Waals surface area contributed by atoms with E-state index in [1.807, 2.05) is 66.9 Å². The number of aryl methyl sites for hydroxylation is 2. The lowest BCUT2D eigenvalue weighted by molar-refractivity contribution is -0.139. The number of nitrogens with zero attached hydrogens (tertiary/aromatic N) is 2. The molecule has 0 saturated heterocycles. The molecule has 1 aromatic heterocycles. The predicted octanol–water partition coefficient (Wildman–Crippen LogP) is 6.91. The Labute approximate surface area is 230 Å². The molecule has 1 amide bonds. The highest BCUT2D eigenvalue weighted by Crippen LogP contribution is 2.31. The molecule has 3 aromatic carbocycles. The molecule has 0 aliphatic carbocycles. The number of methoxy groups -OCH3 is 1. The van der Waals surface area contributed by atoms with E-state index in [1.54, 1.807) is 18.3 Å². The molecule has 190 valence electrons. The minimum Gasteiger partial charge on any atom is -0.469 e. The average molecular weight is 554 g/mol. The number of rotatable bonds is 8. The number of anilines is 1. The monoisotopic (exact) mass is 553 g/mol. The first-order valence-corrected chi connectivity index (χ1v) is 13.2. The number of amides is 1. The van der Waals surface area contributed by atoms with Crippen molar-refractivity contribution >= 4 is 52.5 Å². The molecule has 0 radical (unpaired) electrons. The molecule has 4 rings (SSSR count). The van der Waals surface area contributed by atoms with E-state index >= 15 is 0 Å². The summed E-state index contributed by atoms with van der Waals surface area (Å²) in [6.07, 6.45) is 1.98. The average Bonchev–Trinajstić information content (AvgIpc) is 3.24. The fourth-order valence-corrected chi connectivity index (χ4v) is 5.15. The highest BCUT2D eigenvalue weighted by atomic mass is 35.5. The summed E-state index contributed by atoms with van der Waals surface area (Å²) < 4.78 is 6.65. The van der Waals surface area contributed by atoms with Gasteiger partial charge in [0.25, 0.3) is 0 Å². The van der Waals surface area contributed by atoms with Gasteiger partial charge in [-0.3, -0.25) is 14.2 Å². The summed E-state index contributed by atoms with van der Waals surface area (Å²) in [6.45, 7) is 3.93. The lowest BCUT2D eigenvalue weighted by Crippen LogP contribution is -2.15. The maximum atomic E-state index is 12.7. The predicted molar refractivity (Wildman–Crippen MR) is 150 cm³/mol. The molecule has 6 nitrogen and oxygen atoms in total. The summed E-state index contributed by atoms with van der Waals surface area (Å²) in [6, 6.07) is 18.9. The molecule has 37 heavy (non-hydrogen) atoms. The zero-order valence-corrected chi connectivity index (χ0v) is 22.9. The molecular formula is C28H25Cl2N3O3S. The number of imidazole rings is 1. The number of carbonyl (C=O) groups excluding carboxylic acids is 2. The molecular weight excluding hydrogens is 529 g/mol. The number of benzene rings is 3. The third-order valence-electron chi connectivity index (χ3n) is 5.69. The third kappa shape index (κ3) is 6.55. The molecule has 0 saturated carbocycles. The maximum Gasteiger partial charge on any atom is 0.309 e. The van der Waals surface area contributed by atoms with Gasteiger partial charge in [0.05, 0.1) is 40.7 Å². The summed E-state index contributed by atoms with van der Waals surface area (Å²) >= 11 is 14.3. The van der Waals surface area contributed by atoms with Crippen LogP contribution in [-0.4, -0.2) is 34.3 Å². The Hall–Kier alpha value is -3.26. The van der Waals surface area contributed by atoms with Crippen molar-refractivity contribution in [1.82, 2.24) is 9.55 Å². The van der Waals surface area contributed by atoms with Crippen LogP contribution in [0.3, 0.4) is 0 Å². The van der Waals surface area contributed by atoms with E-state index in [9.17, 15) is 9.59 Å². The van der Waals surface area contributed by atoms with E-state index in [2.05, 4.69) is 10.3 Å². The summed E-state index contributed by atoms with van der Waals surface area (Å²) in [5.74, 6) is -0.333. The van der Waals surface area contributed by atoms with Crippen LogP contribution in [0.4, 0.5) is 5.69 Å². The Morgan fingerprint density at radius 2 is 1.70 bits per heavy atom. The quantitative estimate of drug-likeness (QED) is 0.189. The molecule has 0 aliphatic heterocycles. The fourth-order valence-electron chi connectivity index (χ4n) is 3.77. The van der Waals surface area contributed by atoms with Gasteiger partial charge in [-0.05, 0) is 60.4 Å². The fraction of sp³-hybridized carbons (Fsp3) is 0.179. The number of aromatic nitrogens is 2. The summed E-state index contributed by atoms with van der Waals surface area (Å²) in [4.78, 5) is 28.6. The second-order valence-corrected chi connectivity index (χ2v) is 10.2. The van der Waals surface area contributed by atoms with E-state index in [1.165, 1.54) is 18.9 Å². The van der Waals surface area contributed by atoms with E-state index < -0.39 is 0 Å². The van der Waals surface area contributed by atoms with Crippen molar-refractivity contribution in [2.75, 3.05) is 18.2 Å². The third-order valence-corrected chi connectivity index (χ3v) is 7.26. The van der Waals surface area contributed by atoms with Gasteiger partial charge in [-0.15, -0.1) is 0 Å². The van der Waals surface area contributed by atoms with Crippen molar-refractivity contribution in [2.45, 2.75) is 25.4 Å². The number of halogens is 2. The summed E-state index contributed by atoms with van der Waals surface area (Å²) in [5, 5.41) is 4.60. The SMILES string of the molecule is COC(=O)Cc1ccc(-c2ccc(NC(=O)CSc3ncc(C)n3-c3ccc(C)cc3Cl)c(Cl)c2)cc1. The molecule has 0 atom stereocenters. The van der Waals surface area contributed by atoms with Gasteiger partial charge in [-0.2, -0.15) is 0 Å². The number of nitrogens with one attached hydrogen (secondary N) is 1. The number of ether oxygens (including phenoxy) is 1. The van der Waals surface area contributed by atoms with E-state index in [-0.39, 0.29) is 24.1 Å². The van der Waals surface area contributed by atoms with E-state index in [0.717, 1.165) is 33.6 Å². The Morgan fingerprint density at radius 3 is 2.38 bits per heavy atom. The van der Waals surface area contributed by atoms with Gasteiger partial charge in [0.1, 0.15) is 0 Å². The van der Waals surface area contributed by atoms with Crippen LogP contribution in [0.1, 0.15) is 16.8 Å². The summed E-state index contributed by atoms with van der Waals surface area (Å²) in [5.41, 5.74) is 6.05. The minimum absolute atomic E-state index is 0.152. The lowest BCUT2D eigenvalue weighted by atomic mass is 10.0. The molecule has 0 bridgehead atoms. The van der Waals surface area contributed by atoms with Crippen LogP contribution in [0.2, 0.25) is 10.0 Å². The second kappa shape index (κ2) is 11.9. The number of carbonyl (C=O) groups is 2. The maximum absolute atomic E-state index is 12.7. The van der Waals surface area contributed by atoms with Gasteiger partial charge in [0.15, 0.2) is 5.16 Å². The normalized spacial score (nSPS) is 10.8. The molecule has 1 heterocycles. The van der Waals surface area contributed by atoms with E-state index in [4.69, 9.17) is 27.9 Å². The van der Waals surface area contributed by atoms with Crippen molar-refractivity contribution in [3.8, 4) is 16.8 Å². The van der Waals surface area contributed by atoms with Crippen molar-refractivity contribution in [2.24, 2.45) is 0 Å². The summed E-state index contributed by atoms with van der Waals surface area (Å²) in [7, 11) is 1.37. The van der Waals surface area contributed by atoms with Gasteiger partial charge in [0.2, 0.25) is 5.91 Å². The van der Waals surface area contributed by atoms with Crippen LogP contribution < -0.4 is 5.32 Å². The molecule has 0 fully saturated rings. The van der Waals surface area contributed by atoms with E-state index in [0.29, 0.717) is 20.9 Å². The molecule has 0 unspecified atom stereocenters. The lowest BCUT2D eigenvalue weighted by Gasteiger charge is -2.13. The minimum atomic E-state index is -0.285. The van der Waals surface area contributed by atoms with Crippen molar-refractivity contribution in [1.29, 1.82) is 0 Å². The standard InChI is InChI=1S/C28H25Cl2N3O3S/c1-17-4-11-25(23(30)12-17)33-18(2)15-31-28(33)37-16-26(34)32-24-10-9-21(14-22(24)29)20-7-5-19(6-8-20)13-27(35)36-3/h4-12,14-15H,13,16H2,1-3H3,(H,32,34). The van der Waals surface area contributed by atoms with Crippen molar-refractivity contribution in [3.63, 3.8) is 0 Å². The van der Waals surface area contributed by atoms with Gasteiger partial charge in [0, 0.05) is 11.9 Å². The Morgan fingerprint density at radius 1 is 0.973 bits per heavy atom. The Balaban J connectivity index is 1.41. The molecule has 4 aromatic rings. The topological polar surface area (TPSA) is 73.2 Å². The first-order valence-electron chi connectivity index (χ1n) is 11.4. The van der Waals surface area contributed by atoms with Crippen LogP contribution in [0, 0.1) is 13.8 Å². The van der Waals surface area contributed by atoms with Crippen molar-refractivity contribution < 1.29 is 14.3 Å². The van der Waals surface area contributed by atoms with Gasteiger partial charge in [-0.1, -0.05) is 71.4 Å². The highest BCUT2D eigenvalue weighted by Gasteiger charge is 2.15. The van der Waals surface area contributed by atoms with Crippen LogP contribution >= 0.6 is 35.0 Å². The second-order valence-electron chi connectivity index (χ2n) is 8.45. The molecule has 9 heteroatoms. The van der Waals surface area contributed by atoms with Gasteiger partial charge in [-0.25, -0.2) is 4.98 Å². The zero-order chi connectivity index (χ0) is 26.5.